The molecule has 3 aliphatic heterocycles. The normalized spacial score (nSPS) is 23.7. The quantitative estimate of drug-likeness (QED) is 0.461. The molecule has 3 N–H and O–H groups in total. The van der Waals surface area contributed by atoms with E-state index in [9.17, 15) is 26.3 Å². The van der Waals surface area contributed by atoms with Gasteiger partial charge in [-0.3, -0.25) is 0 Å². The summed E-state index contributed by atoms with van der Waals surface area (Å²) in [5.74, 6) is -3.97. The Balaban J connectivity index is 0.000000317. The molecule has 218 valence electrons. The van der Waals surface area contributed by atoms with Crippen molar-refractivity contribution in [3.63, 3.8) is 0 Å². The van der Waals surface area contributed by atoms with Gasteiger partial charge in [0.1, 0.15) is 17.6 Å². The molecular weight excluding hydrogens is 542 g/mol. The van der Waals surface area contributed by atoms with E-state index < -0.39 is 24.3 Å². The number of alkyl halides is 6. The van der Waals surface area contributed by atoms with Crippen molar-refractivity contribution in [2.75, 3.05) is 44.8 Å². The van der Waals surface area contributed by atoms with Gasteiger partial charge in [-0.15, -0.1) is 0 Å². The molecule has 0 bridgehead atoms. The van der Waals surface area contributed by atoms with Gasteiger partial charge in [0.25, 0.3) is 0 Å². The van der Waals surface area contributed by atoms with Crippen molar-refractivity contribution in [2.24, 2.45) is 5.92 Å². The molecule has 4 rings (SSSR count). The lowest BCUT2D eigenvalue weighted by Gasteiger charge is -2.28. The Morgan fingerprint density at radius 1 is 1.13 bits per heavy atom. The smallest absolute Gasteiger partial charge is 0.475 e. The Hall–Kier alpha value is -3.16. The van der Waals surface area contributed by atoms with Crippen molar-refractivity contribution < 1.29 is 55.6 Å². The molecule has 0 amide bonds. The van der Waals surface area contributed by atoms with E-state index >= 15 is 0 Å². The van der Waals surface area contributed by atoms with Crippen LogP contribution in [0.2, 0.25) is 0 Å². The third-order valence-electron chi connectivity index (χ3n) is 6.16. The molecule has 1 spiro atoms. The van der Waals surface area contributed by atoms with E-state index in [0.29, 0.717) is 12.3 Å². The van der Waals surface area contributed by atoms with Crippen LogP contribution in [-0.4, -0.2) is 95.5 Å². The highest BCUT2D eigenvalue weighted by Gasteiger charge is 2.46. The van der Waals surface area contributed by atoms with Gasteiger partial charge in [-0.25, -0.2) is 14.6 Å². The Morgan fingerprint density at radius 3 is 2.26 bits per heavy atom. The summed E-state index contributed by atoms with van der Waals surface area (Å²) in [6, 6.07) is 7.86. The number of nitrogens with one attached hydrogen (secondary N) is 1. The predicted octanol–water partition coefficient (Wildman–Crippen LogP) is 3.29. The second kappa shape index (κ2) is 13.8. The molecule has 0 aliphatic carbocycles. The van der Waals surface area contributed by atoms with Gasteiger partial charge in [0.2, 0.25) is 0 Å². The van der Waals surface area contributed by atoms with Gasteiger partial charge >= 0.3 is 24.3 Å². The molecule has 3 saturated heterocycles. The lowest BCUT2D eigenvalue weighted by atomic mass is 9.97. The molecule has 16 heteroatoms. The molecular formula is C23H28F6N4O6. The largest absolute Gasteiger partial charge is 0.490 e. The first-order chi connectivity index (χ1) is 18.1. The van der Waals surface area contributed by atoms with E-state index in [4.69, 9.17) is 34.5 Å². The molecule has 2 unspecified atom stereocenters. The standard InChI is InChI=1S/C19H26N4O2.2C2HF3O2/c20-11-16-2-1-3-18(21-16)22-17-10-19(25-13-17)6-7-23(14-19)12-15-4-8-24-9-5-15;2*3-2(4,5)1(6)7/h1-3,15,17H,4-10,12-14H2,(H,21,22);2*(H,6,7). The number of carboxylic acids is 2. The third kappa shape index (κ3) is 10.9. The minimum Gasteiger partial charge on any atom is -0.475 e. The first-order valence-electron chi connectivity index (χ1n) is 11.8. The van der Waals surface area contributed by atoms with Gasteiger partial charge in [0.05, 0.1) is 18.2 Å². The second-order valence-corrected chi connectivity index (χ2v) is 9.21. The summed E-state index contributed by atoms with van der Waals surface area (Å²) < 4.78 is 75.2. The van der Waals surface area contributed by atoms with Gasteiger partial charge in [0.15, 0.2) is 0 Å². The summed E-state index contributed by atoms with van der Waals surface area (Å²) >= 11 is 0. The van der Waals surface area contributed by atoms with E-state index in [2.05, 4.69) is 21.3 Å². The zero-order valence-electron chi connectivity index (χ0n) is 20.6. The van der Waals surface area contributed by atoms with E-state index in [1.165, 1.54) is 19.4 Å². The number of aliphatic carboxylic acids is 2. The zero-order chi connectivity index (χ0) is 29.3. The highest BCUT2D eigenvalue weighted by molar-refractivity contribution is 5.73. The predicted molar refractivity (Wildman–Crippen MR) is 122 cm³/mol. The average Bonchev–Trinajstić information content (AvgIpc) is 3.44. The minimum absolute atomic E-state index is 0.00429. The topological polar surface area (TPSA) is 145 Å². The molecule has 4 heterocycles. The maximum Gasteiger partial charge on any atom is 0.490 e. The summed E-state index contributed by atoms with van der Waals surface area (Å²) in [6.45, 7) is 5.89. The molecule has 1 aromatic heterocycles. The van der Waals surface area contributed by atoms with Crippen molar-refractivity contribution >= 4 is 17.8 Å². The van der Waals surface area contributed by atoms with Crippen LogP contribution in [0.3, 0.4) is 0 Å². The maximum atomic E-state index is 10.6. The zero-order valence-corrected chi connectivity index (χ0v) is 20.6. The number of nitriles is 1. The number of anilines is 1. The number of hydrogen-bond donors (Lipinski definition) is 3. The number of aromatic nitrogens is 1. The summed E-state index contributed by atoms with van der Waals surface area (Å²) in [7, 11) is 0. The van der Waals surface area contributed by atoms with Crippen LogP contribution >= 0.6 is 0 Å². The van der Waals surface area contributed by atoms with Gasteiger partial charge in [0, 0.05) is 39.3 Å². The summed E-state index contributed by atoms with van der Waals surface area (Å²) in [5, 5.41) is 26.7. The second-order valence-electron chi connectivity index (χ2n) is 9.21. The van der Waals surface area contributed by atoms with E-state index in [0.717, 1.165) is 50.9 Å². The van der Waals surface area contributed by atoms with Gasteiger partial charge < -0.3 is 29.9 Å². The molecule has 1 aromatic rings. The Labute approximate surface area is 219 Å². The number of nitrogens with zero attached hydrogens (tertiary/aromatic N) is 3. The van der Waals surface area contributed by atoms with E-state index in [1.807, 2.05) is 12.1 Å². The molecule has 0 aromatic carbocycles. The number of carboxylic acid groups (broad SMARTS) is 2. The van der Waals surface area contributed by atoms with Crippen molar-refractivity contribution in [2.45, 2.75) is 49.7 Å². The Kier molecular flexibility index (Phi) is 11.3. The number of pyridine rings is 1. The SMILES string of the molecule is N#Cc1cccc(NC2COC3(CCN(CC4CCOCC4)C3)C2)n1.O=C(O)C(F)(F)F.O=C(O)C(F)(F)F. The number of halogens is 6. The lowest BCUT2D eigenvalue weighted by molar-refractivity contribution is -0.193. The van der Waals surface area contributed by atoms with Crippen molar-refractivity contribution in [3.05, 3.63) is 23.9 Å². The van der Waals surface area contributed by atoms with Crippen LogP contribution < -0.4 is 5.32 Å². The van der Waals surface area contributed by atoms with Crippen LogP contribution in [0.1, 0.15) is 31.4 Å². The van der Waals surface area contributed by atoms with Crippen LogP contribution in [0.5, 0.6) is 0 Å². The van der Waals surface area contributed by atoms with Gasteiger partial charge in [-0.05, 0) is 37.3 Å². The highest BCUT2D eigenvalue weighted by atomic mass is 19.4. The minimum atomic E-state index is -5.08. The lowest BCUT2D eigenvalue weighted by Crippen LogP contribution is -2.36. The number of rotatable bonds is 4. The van der Waals surface area contributed by atoms with Crippen molar-refractivity contribution in [3.8, 4) is 6.07 Å². The van der Waals surface area contributed by atoms with Gasteiger partial charge in [-0.1, -0.05) is 6.07 Å². The van der Waals surface area contributed by atoms with Crippen LogP contribution in [0.25, 0.3) is 0 Å². The molecule has 3 fully saturated rings. The molecule has 0 radical (unpaired) electrons. The van der Waals surface area contributed by atoms with Crippen LogP contribution in [0.15, 0.2) is 18.2 Å². The van der Waals surface area contributed by atoms with Gasteiger partial charge in [-0.2, -0.15) is 31.6 Å². The van der Waals surface area contributed by atoms with E-state index in [1.54, 1.807) is 6.07 Å². The average molecular weight is 570 g/mol. The molecule has 10 nitrogen and oxygen atoms in total. The maximum absolute atomic E-state index is 10.6. The first kappa shape index (κ1) is 32.1. The van der Waals surface area contributed by atoms with E-state index in [-0.39, 0.29) is 11.6 Å². The summed E-state index contributed by atoms with van der Waals surface area (Å²) in [5.41, 5.74) is 0.442. The molecule has 39 heavy (non-hydrogen) atoms. The van der Waals surface area contributed by atoms with Crippen molar-refractivity contribution in [1.29, 1.82) is 5.26 Å². The highest BCUT2D eigenvalue weighted by Crippen LogP contribution is 2.36. The first-order valence-corrected chi connectivity index (χ1v) is 11.8. The number of hydrogen-bond acceptors (Lipinski definition) is 8. The fourth-order valence-corrected chi connectivity index (χ4v) is 4.39. The fraction of sp³-hybridized carbons (Fsp3) is 0.652. The number of ether oxygens (including phenoxy) is 2. The fourth-order valence-electron chi connectivity index (χ4n) is 4.39. The third-order valence-corrected chi connectivity index (χ3v) is 6.16. The van der Waals surface area contributed by atoms with Crippen LogP contribution in [0.4, 0.5) is 32.2 Å². The monoisotopic (exact) mass is 570 g/mol. The molecule has 0 saturated carbocycles. The Morgan fingerprint density at radius 2 is 1.72 bits per heavy atom. The van der Waals surface area contributed by atoms with Crippen molar-refractivity contribution in [1.82, 2.24) is 9.88 Å². The molecule has 2 atom stereocenters. The molecule has 3 aliphatic rings. The number of carbonyl (C=O) groups is 2. The van der Waals surface area contributed by atoms with Crippen LogP contribution in [0, 0.1) is 17.2 Å². The summed E-state index contributed by atoms with van der Waals surface area (Å²) in [6.07, 6.45) is -5.67. The number of likely N-dealkylation sites (tertiary alicyclic amines) is 1. The Bertz CT molecular complexity index is 988. The van der Waals surface area contributed by atoms with Crippen LogP contribution in [-0.2, 0) is 19.1 Å². The summed E-state index contributed by atoms with van der Waals surface area (Å²) in [4.78, 5) is 24.7.